The van der Waals surface area contributed by atoms with Gasteiger partial charge in [0.25, 0.3) is 5.91 Å². The average molecular weight is 349 g/mol. The Labute approximate surface area is 144 Å². The molecule has 1 heterocycles. The summed E-state index contributed by atoms with van der Waals surface area (Å²) in [6, 6.07) is 10.1. The maximum absolute atomic E-state index is 12.2. The van der Waals surface area contributed by atoms with Crippen LogP contribution in [0.15, 0.2) is 42.6 Å². The number of rotatable bonds is 6. The number of anilines is 1. The molecule has 1 aromatic heterocycles. The molecule has 0 aliphatic carbocycles. The van der Waals surface area contributed by atoms with E-state index in [1.165, 1.54) is 19.2 Å². The largest absolute Gasteiger partial charge is 0.492 e. The fraction of sp³-hybridized carbons (Fsp3) is 0.235. The average Bonchev–Trinajstić information content (AvgIpc) is 2.57. The van der Waals surface area contributed by atoms with Gasteiger partial charge in [0.15, 0.2) is 6.10 Å². The second-order valence-corrected chi connectivity index (χ2v) is 5.17. The number of hydrogen-bond acceptors (Lipinski definition) is 5. The van der Waals surface area contributed by atoms with Crippen LogP contribution in [-0.4, -0.2) is 29.6 Å². The summed E-state index contributed by atoms with van der Waals surface area (Å²) in [6.45, 7) is 3.79. The SMILES string of the molecule is CCOc1ccccc1NC(=O)C(C)OC(=O)c1cccnc1Cl. The van der Waals surface area contributed by atoms with Crippen molar-refractivity contribution in [1.82, 2.24) is 4.98 Å². The molecule has 0 aliphatic heterocycles. The monoisotopic (exact) mass is 348 g/mol. The number of benzene rings is 1. The summed E-state index contributed by atoms with van der Waals surface area (Å²) in [4.78, 5) is 28.1. The number of carbonyl (C=O) groups is 2. The van der Waals surface area contributed by atoms with Gasteiger partial charge in [-0.3, -0.25) is 4.79 Å². The topological polar surface area (TPSA) is 77.5 Å². The lowest BCUT2D eigenvalue weighted by Gasteiger charge is -2.15. The number of nitrogens with one attached hydrogen (secondary N) is 1. The number of para-hydroxylation sites is 2. The lowest BCUT2D eigenvalue weighted by molar-refractivity contribution is -0.123. The third-order valence-electron chi connectivity index (χ3n) is 3.08. The van der Waals surface area contributed by atoms with E-state index in [1.807, 2.05) is 6.92 Å². The molecule has 0 fully saturated rings. The van der Waals surface area contributed by atoms with Crippen molar-refractivity contribution in [1.29, 1.82) is 0 Å². The van der Waals surface area contributed by atoms with Crippen LogP contribution in [0.25, 0.3) is 0 Å². The number of halogens is 1. The molecule has 2 aromatic rings. The number of nitrogens with zero attached hydrogens (tertiary/aromatic N) is 1. The molecule has 0 saturated carbocycles. The van der Waals surface area contributed by atoms with Crippen molar-refractivity contribution < 1.29 is 19.1 Å². The minimum atomic E-state index is -1.01. The van der Waals surface area contributed by atoms with Crippen LogP contribution in [-0.2, 0) is 9.53 Å². The zero-order chi connectivity index (χ0) is 17.5. The van der Waals surface area contributed by atoms with Gasteiger partial charge in [-0.1, -0.05) is 23.7 Å². The Morgan fingerprint density at radius 3 is 2.71 bits per heavy atom. The first-order chi connectivity index (χ1) is 11.5. The summed E-state index contributed by atoms with van der Waals surface area (Å²) < 4.78 is 10.6. The second kappa shape index (κ2) is 8.31. The molecule has 126 valence electrons. The lowest BCUT2D eigenvalue weighted by atomic mass is 10.2. The van der Waals surface area contributed by atoms with Crippen LogP contribution in [0.5, 0.6) is 5.75 Å². The van der Waals surface area contributed by atoms with E-state index in [0.29, 0.717) is 18.0 Å². The van der Waals surface area contributed by atoms with Gasteiger partial charge in [0.2, 0.25) is 0 Å². The Morgan fingerprint density at radius 2 is 2.00 bits per heavy atom. The Morgan fingerprint density at radius 1 is 1.25 bits per heavy atom. The molecule has 1 unspecified atom stereocenters. The van der Waals surface area contributed by atoms with E-state index in [9.17, 15) is 9.59 Å². The molecule has 0 bridgehead atoms. The fourth-order valence-corrected chi connectivity index (χ4v) is 2.10. The summed E-state index contributed by atoms with van der Waals surface area (Å²) in [7, 11) is 0. The van der Waals surface area contributed by atoms with Crippen LogP contribution in [0.1, 0.15) is 24.2 Å². The van der Waals surface area contributed by atoms with E-state index >= 15 is 0 Å². The smallest absolute Gasteiger partial charge is 0.342 e. The van der Waals surface area contributed by atoms with E-state index < -0.39 is 18.0 Å². The van der Waals surface area contributed by atoms with Crippen molar-refractivity contribution in [3.8, 4) is 5.75 Å². The van der Waals surface area contributed by atoms with Crippen LogP contribution < -0.4 is 10.1 Å². The van der Waals surface area contributed by atoms with Crippen LogP contribution in [0.4, 0.5) is 5.69 Å². The predicted molar refractivity (Wildman–Crippen MR) is 90.4 cm³/mol. The van der Waals surface area contributed by atoms with Gasteiger partial charge >= 0.3 is 5.97 Å². The normalized spacial score (nSPS) is 11.5. The van der Waals surface area contributed by atoms with Crippen molar-refractivity contribution in [2.75, 3.05) is 11.9 Å². The third-order valence-corrected chi connectivity index (χ3v) is 3.38. The zero-order valence-electron chi connectivity index (χ0n) is 13.3. The predicted octanol–water partition coefficient (Wildman–Crippen LogP) is 3.32. The zero-order valence-corrected chi connectivity index (χ0v) is 14.0. The highest BCUT2D eigenvalue weighted by Gasteiger charge is 2.21. The van der Waals surface area contributed by atoms with Crippen molar-refractivity contribution in [2.24, 2.45) is 0 Å². The number of carbonyl (C=O) groups excluding carboxylic acids is 2. The number of amides is 1. The second-order valence-electron chi connectivity index (χ2n) is 4.81. The van der Waals surface area contributed by atoms with Gasteiger partial charge in [0.05, 0.1) is 17.9 Å². The van der Waals surface area contributed by atoms with Gasteiger partial charge in [-0.05, 0) is 38.1 Å². The van der Waals surface area contributed by atoms with E-state index in [0.717, 1.165) is 0 Å². The number of pyridine rings is 1. The third kappa shape index (κ3) is 4.45. The van der Waals surface area contributed by atoms with Gasteiger partial charge in [-0.25, -0.2) is 9.78 Å². The molecular weight excluding hydrogens is 332 g/mol. The number of esters is 1. The molecule has 6 nitrogen and oxygen atoms in total. The van der Waals surface area contributed by atoms with Gasteiger partial charge in [-0.15, -0.1) is 0 Å². The number of hydrogen-bond donors (Lipinski definition) is 1. The lowest BCUT2D eigenvalue weighted by Crippen LogP contribution is -2.30. The first-order valence-corrected chi connectivity index (χ1v) is 7.75. The van der Waals surface area contributed by atoms with Crippen LogP contribution in [0, 0.1) is 0 Å². The van der Waals surface area contributed by atoms with Crippen LogP contribution in [0.3, 0.4) is 0 Å². The molecule has 0 spiro atoms. The van der Waals surface area contributed by atoms with Crippen molar-refractivity contribution >= 4 is 29.2 Å². The van der Waals surface area contributed by atoms with E-state index in [2.05, 4.69) is 10.3 Å². The summed E-state index contributed by atoms with van der Waals surface area (Å²) in [6.07, 6.45) is 0.448. The molecule has 7 heteroatoms. The van der Waals surface area contributed by atoms with E-state index in [1.54, 1.807) is 30.3 Å². The molecule has 1 N–H and O–H groups in total. The van der Waals surface area contributed by atoms with Crippen LogP contribution >= 0.6 is 11.6 Å². The van der Waals surface area contributed by atoms with Crippen LogP contribution in [0.2, 0.25) is 5.15 Å². The van der Waals surface area contributed by atoms with Gasteiger partial charge in [0.1, 0.15) is 10.9 Å². The number of aromatic nitrogens is 1. The molecule has 1 aromatic carbocycles. The molecule has 0 radical (unpaired) electrons. The summed E-state index contributed by atoms with van der Waals surface area (Å²) in [5.74, 6) is -0.647. The van der Waals surface area contributed by atoms with Gasteiger partial charge in [0, 0.05) is 6.20 Å². The Kier molecular flexibility index (Phi) is 6.14. The molecular formula is C17H17ClN2O4. The maximum atomic E-state index is 12.2. The quantitative estimate of drug-likeness (QED) is 0.640. The molecule has 1 atom stereocenters. The van der Waals surface area contributed by atoms with Gasteiger partial charge < -0.3 is 14.8 Å². The number of ether oxygens (including phenoxy) is 2. The Balaban J connectivity index is 2.03. The van der Waals surface area contributed by atoms with E-state index in [-0.39, 0.29) is 10.7 Å². The highest BCUT2D eigenvalue weighted by atomic mass is 35.5. The maximum Gasteiger partial charge on any atom is 0.342 e. The minimum Gasteiger partial charge on any atom is -0.492 e. The standard InChI is InChI=1S/C17H17ClN2O4/c1-3-23-14-9-5-4-8-13(14)20-16(21)11(2)24-17(22)12-7-6-10-19-15(12)18/h4-11H,3H2,1-2H3,(H,20,21). The van der Waals surface area contributed by atoms with Crippen molar-refractivity contribution in [3.63, 3.8) is 0 Å². The molecule has 1 amide bonds. The van der Waals surface area contributed by atoms with E-state index in [4.69, 9.17) is 21.1 Å². The Hall–Kier alpha value is -2.60. The Bertz CT molecular complexity index is 736. The van der Waals surface area contributed by atoms with Crippen molar-refractivity contribution in [2.45, 2.75) is 20.0 Å². The molecule has 24 heavy (non-hydrogen) atoms. The summed E-state index contributed by atoms with van der Waals surface area (Å²) in [5.41, 5.74) is 0.611. The highest BCUT2D eigenvalue weighted by Crippen LogP contribution is 2.24. The molecule has 2 rings (SSSR count). The summed E-state index contributed by atoms with van der Waals surface area (Å²) in [5, 5.41) is 2.70. The minimum absolute atomic E-state index is 0.0248. The van der Waals surface area contributed by atoms with Crippen molar-refractivity contribution in [3.05, 3.63) is 53.3 Å². The molecule has 0 saturated heterocycles. The summed E-state index contributed by atoms with van der Waals surface area (Å²) >= 11 is 5.84. The highest BCUT2D eigenvalue weighted by molar-refractivity contribution is 6.32. The molecule has 0 aliphatic rings. The first-order valence-electron chi connectivity index (χ1n) is 7.37. The first kappa shape index (κ1) is 17.7. The fourth-order valence-electron chi connectivity index (χ4n) is 1.90. The van der Waals surface area contributed by atoms with Gasteiger partial charge in [-0.2, -0.15) is 0 Å².